The third kappa shape index (κ3) is 2.94. The van der Waals surface area contributed by atoms with Crippen LogP contribution in [0.5, 0.6) is 0 Å². The van der Waals surface area contributed by atoms with Crippen LogP contribution < -0.4 is 5.32 Å². The van der Waals surface area contributed by atoms with E-state index in [4.69, 9.17) is 11.6 Å². The van der Waals surface area contributed by atoms with Gasteiger partial charge in [-0.2, -0.15) is 0 Å². The highest BCUT2D eigenvalue weighted by Gasteiger charge is 2.17. The van der Waals surface area contributed by atoms with E-state index in [1.54, 1.807) is 11.3 Å². The summed E-state index contributed by atoms with van der Waals surface area (Å²) in [5, 5.41) is 3.55. The molecule has 1 aromatic carbocycles. The van der Waals surface area contributed by atoms with Crippen LogP contribution in [-0.2, 0) is 0 Å². The summed E-state index contributed by atoms with van der Waals surface area (Å²) in [6, 6.07) is 10.9. The lowest BCUT2D eigenvalue weighted by Crippen LogP contribution is -2.22. The van der Waals surface area contributed by atoms with Crippen LogP contribution in [0.3, 0.4) is 0 Å². The van der Waals surface area contributed by atoms with Gasteiger partial charge >= 0.3 is 0 Å². The normalized spacial score (nSPS) is 12.7. The summed E-state index contributed by atoms with van der Waals surface area (Å²) in [5.74, 6) is 0. The number of nitrogens with one attached hydrogen (secondary N) is 1. The first kappa shape index (κ1) is 13.6. The highest BCUT2D eigenvalue weighted by molar-refractivity contribution is 7.16. The molecule has 18 heavy (non-hydrogen) atoms. The number of halogens is 1. The molecule has 0 aliphatic rings. The Balaban J connectivity index is 2.44. The highest BCUT2D eigenvalue weighted by atomic mass is 35.5. The van der Waals surface area contributed by atoms with Crippen molar-refractivity contribution in [1.82, 2.24) is 5.32 Å². The van der Waals surface area contributed by atoms with Crippen molar-refractivity contribution in [3.63, 3.8) is 0 Å². The molecule has 96 valence electrons. The third-order valence-corrected chi connectivity index (χ3v) is 4.33. The monoisotopic (exact) mass is 279 g/mol. The molecule has 1 unspecified atom stereocenters. The predicted molar refractivity (Wildman–Crippen MR) is 80.8 cm³/mol. The van der Waals surface area contributed by atoms with Gasteiger partial charge in [-0.15, -0.1) is 11.3 Å². The molecule has 2 rings (SSSR count). The molecule has 0 saturated heterocycles. The molecule has 0 spiro atoms. The molecule has 1 N–H and O–H groups in total. The fourth-order valence-electron chi connectivity index (χ4n) is 2.12. The average molecular weight is 280 g/mol. The molecule has 3 heteroatoms. The Morgan fingerprint density at radius 1 is 1.22 bits per heavy atom. The maximum atomic E-state index is 6.05. The summed E-state index contributed by atoms with van der Waals surface area (Å²) in [7, 11) is 0. The summed E-state index contributed by atoms with van der Waals surface area (Å²) in [6.45, 7) is 7.36. The van der Waals surface area contributed by atoms with Gasteiger partial charge in [-0.25, -0.2) is 0 Å². The fraction of sp³-hybridized carbons (Fsp3) is 0.333. The zero-order chi connectivity index (χ0) is 13.1. The number of hydrogen-bond acceptors (Lipinski definition) is 2. The molecule has 1 heterocycles. The van der Waals surface area contributed by atoms with E-state index in [0.29, 0.717) is 0 Å². The smallest absolute Gasteiger partial charge is 0.0931 e. The number of aryl methyl sites for hydroxylation is 2. The maximum Gasteiger partial charge on any atom is 0.0931 e. The predicted octanol–water partition coefficient (Wildman–Crippen LogP) is 4.72. The molecule has 0 radical (unpaired) electrons. The largest absolute Gasteiger partial charge is 0.306 e. The molecular formula is C15H18ClNS. The van der Waals surface area contributed by atoms with Crippen molar-refractivity contribution in [2.24, 2.45) is 0 Å². The zero-order valence-electron chi connectivity index (χ0n) is 11.0. The van der Waals surface area contributed by atoms with E-state index in [0.717, 1.165) is 10.9 Å². The van der Waals surface area contributed by atoms with E-state index < -0.39 is 0 Å². The standard InChI is InChI=1S/C15H18ClNS/c1-4-17-15(13-7-8-14(16)18-13)12-9-10(2)5-6-11(12)3/h5-9,15,17H,4H2,1-3H3. The van der Waals surface area contributed by atoms with Gasteiger partial charge in [0, 0.05) is 4.88 Å². The van der Waals surface area contributed by atoms with Crippen molar-refractivity contribution in [3.05, 3.63) is 56.2 Å². The van der Waals surface area contributed by atoms with E-state index in [-0.39, 0.29) is 6.04 Å². The van der Waals surface area contributed by atoms with Gasteiger partial charge in [0.2, 0.25) is 0 Å². The van der Waals surface area contributed by atoms with Crippen LogP contribution in [0, 0.1) is 13.8 Å². The second-order valence-corrected chi connectivity index (χ2v) is 6.24. The highest BCUT2D eigenvalue weighted by Crippen LogP contribution is 2.32. The second-order valence-electron chi connectivity index (χ2n) is 4.49. The van der Waals surface area contributed by atoms with Crippen molar-refractivity contribution >= 4 is 22.9 Å². The molecule has 0 saturated carbocycles. The molecule has 2 aromatic rings. The van der Waals surface area contributed by atoms with Gasteiger partial charge in [0.05, 0.1) is 10.4 Å². The van der Waals surface area contributed by atoms with Crippen LogP contribution in [0.2, 0.25) is 4.34 Å². The maximum absolute atomic E-state index is 6.05. The Morgan fingerprint density at radius 3 is 2.61 bits per heavy atom. The molecule has 0 aliphatic carbocycles. The van der Waals surface area contributed by atoms with Gasteiger partial charge in [0.15, 0.2) is 0 Å². The van der Waals surface area contributed by atoms with Gasteiger partial charge < -0.3 is 5.32 Å². The summed E-state index contributed by atoms with van der Waals surface area (Å²) in [6.07, 6.45) is 0. The van der Waals surface area contributed by atoms with Crippen LogP contribution in [0.25, 0.3) is 0 Å². The fourth-order valence-corrected chi connectivity index (χ4v) is 3.28. The topological polar surface area (TPSA) is 12.0 Å². The number of rotatable bonds is 4. The van der Waals surface area contributed by atoms with Crippen molar-refractivity contribution < 1.29 is 0 Å². The van der Waals surface area contributed by atoms with Crippen LogP contribution in [0.4, 0.5) is 0 Å². The van der Waals surface area contributed by atoms with Gasteiger partial charge in [-0.05, 0) is 43.7 Å². The van der Waals surface area contributed by atoms with Crippen molar-refractivity contribution in [1.29, 1.82) is 0 Å². The minimum absolute atomic E-state index is 0.243. The molecule has 1 atom stereocenters. The Bertz CT molecular complexity index is 533. The summed E-state index contributed by atoms with van der Waals surface area (Å²) in [4.78, 5) is 1.27. The van der Waals surface area contributed by atoms with Gasteiger partial charge in [-0.3, -0.25) is 0 Å². The van der Waals surface area contributed by atoms with Gasteiger partial charge in [0.1, 0.15) is 0 Å². The van der Waals surface area contributed by atoms with Crippen molar-refractivity contribution in [2.45, 2.75) is 26.8 Å². The lowest BCUT2D eigenvalue weighted by Gasteiger charge is -2.19. The molecule has 0 amide bonds. The first-order valence-corrected chi connectivity index (χ1v) is 7.37. The Morgan fingerprint density at radius 2 is 2.00 bits per heavy atom. The van der Waals surface area contributed by atoms with E-state index in [1.807, 2.05) is 6.07 Å². The van der Waals surface area contributed by atoms with E-state index in [9.17, 15) is 0 Å². The summed E-state index contributed by atoms with van der Waals surface area (Å²) >= 11 is 7.70. The first-order chi connectivity index (χ1) is 8.61. The molecule has 0 aliphatic heterocycles. The first-order valence-electron chi connectivity index (χ1n) is 6.17. The number of benzene rings is 1. The van der Waals surface area contributed by atoms with Crippen molar-refractivity contribution in [2.75, 3.05) is 6.54 Å². The molecule has 0 bridgehead atoms. The molecule has 1 aromatic heterocycles. The van der Waals surface area contributed by atoms with Gasteiger partial charge in [-0.1, -0.05) is 42.3 Å². The quantitative estimate of drug-likeness (QED) is 0.854. The van der Waals surface area contributed by atoms with Crippen LogP contribution >= 0.6 is 22.9 Å². The lowest BCUT2D eigenvalue weighted by molar-refractivity contribution is 0.636. The molecule has 0 fully saturated rings. The SMILES string of the molecule is CCNC(c1ccc(Cl)s1)c1cc(C)ccc1C. The minimum Gasteiger partial charge on any atom is -0.306 e. The Labute approximate surface area is 118 Å². The van der Waals surface area contributed by atoms with E-state index in [2.05, 4.69) is 50.4 Å². The lowest BCUT2D eigenvalue weighted by atomic mass is 9.98. The Hall–Kier alpha value is -0.830. The summed E-state index contributed by atoms with van der Waals surface area (Å²) in [5.41, 5.74) is 3.95. The van der Waals surface area contributed by atoms with Crippen LogP contribution in [-0.4, -0.2) is 6.54 Å². The Kier molecular flexibility index (Phi) is 4.44. The molecular weight excluding hydrogens is 262 g/mol. The number of thiophene rings is 1. The van der Waals surface area contributed by atoms with E-state index in [1.165, 1.54) is 21.6 Å². The number of hydrogen-bond donors (Lipinski definition) is 1. The average Bonchev–Trinajstić information content (AvgIpc) is 2.76. The van der Waals surface area contributed by atoms with Crippen LogP contribution in [0.1, 0.15) is 34.5 Å². The van der Waals surface area contributed by atoms with Gasteiger partial charge in [0.25, 0.3) is 0 Å². The molecule has 1 nitrogen and oxygen atoms in total. The third-order valence-electron chi connectivity index (χ3n) is 3.03. The minimum atomic E-state index is 0.243. The van der Waals surface area contributed by atoms with E-state index >= 15 is 0 Å². The second kappa shape index (κ2) is 5.87. The zero-order valence-corrected chi connectivity index (χ0v) is 12.5. The van der Waals surface area contributed by atoms with Crippen molar-refractivity contribution in [3.8, 4) is 0 Å². The van der Waals surface area contributed by atoms with Crippen LogP contribution in [0.15, 0.2) is 30.3 Å². The summed E-state index contributed by atoms with van der Waals surface area (Å²) < 4.78 is 0.846.